The molecule has 0 aromatic rings. The van der Waals surface area contributed by atoms with Crippen molar-refractivity contribution in [2.24, 2.45) is 0 Å². The molecule has 0 aromatic heterocycles. The van der Waals surface area contributed by atoms with Crippen LogP contribution in [0.3, 0.4) is 0 Å². The lowest BCUT2D eigenvalue weighted by Crippen LogP contribution is -2.85. The molecule has 2 saturated heterocycles. The molecule has 70 valence electrons. The Morgan fingerprint density at radius 1 is 0.667 bits per heavy atom. The number of rotatable bonds is 0. The first-order valence-corrected chi connectivity index (χ1v) is 4.66. The summed E-state index contributed by atoms with van der Waals surface area (Å²) in [4.78, 5) is 0. The minimum absolute atomic E-state index is 0.0104. The Labute approximate surface area is 73.5 Å². The summed E-state index contributed by atoms with van der Waals surface area (Å²) in [7, 11) is 0. The molecule has 0 spiro atoms. The molecule has 0 bridgehead atoms. The summed E-state index contributed by atoms with van der Waals surface area (Å²) < 4.78 is 0. The van der Waals surface area contributed by atoms with Crippen LogP contribution in [0.15, 0.2) is 0 Å². The highest BCUT2D eigenvalue weighted by Gasteiger charge is 2.47. The lowest BCUT2D eigenvalue weighted by Gasteiger charge is -2.54. The minimum atomic E-state index is -0.0104. The van der Waals surface area contributed by atoms with Gasteiger partial charge in [-0.25, -0.2) is 0 Å². The van der Waals surface area contributed by atoms with E-state index in [0.29, 0.717) is 0 Å². The lowest BCUT2D eigenvalue weighted by atomic mass is 9.91. The van der Waals surface area contributed by atoms with Gasteiger partial charge < -0.3 is 0 Å². The van der Waals surface area contributed by atoms with Crippen LogP contribution >= 0.6 is 0 Å². The molecule has 0 aromatic carbocycles. The van der Waals surface area contributed by atoms with Gasteiger partial charge in [-0.1, -0.05) is 0 Å². The maximum atomic E-state index is 3.50. The van der Waals surface area contributed by atoms with Crippen molar-refractivity contribution in [1.82, 2.24) is 21.3 Å². The van der Waals surface area contributed by atoms with Gasteiger partial charge in [0.25, 0.3) is 0 Å². The van der Waals surface area contributed by atoms with E-state index in [1.165, 1.54) is 0 Å². The van der Waals surface area contributed by atoms with Crippen molar-refractivity contribution < 1.29 is 0 Å². The fraction of sp³-hybridized carbons (Fsp3) is 1.00. The van der Waals surface area contributed by atoms with Gasteiger partial charge in [0, 0.05) is 26.2 Å². The van der Waals surface area contributed by atoms with Crippen LogP contribution in [0, 0.1) is 0 Å². The van der Waals surface area contributed by atoms with Crippen molar-refractivity contribution >= 4 is 0 Å². The molecule has 0 saturated carbocycles. The van der Waals surface area contributed by atoms with Crippen molar-refractivity contribution in [3.8, 4) is 0 Å². The zero-order chi connectivity index (χ0) is 8.66. The van der Waals surface area contributed by atoms with Gasteiger partial charge in [0.1, 0.15) is 0 Å². The molecule has 0 aliphatic carbocycles. The van der Waals surface area contributed by atoms with E-state index in [1.807, 2.05) is 0 Å². The quantitative estimate of drug-likeness (QED) is 0.369. The molecular formula is C8H18N4. The topological polar surface area (TPSA) is 48.1 Å². The fourth-order valence-corrected chi connectivity index (χ4v) is 2.08. The monoisotopic (exact) mass is 170 g/mol. The van der Waals surface area contributed by atoms with E-state index in [4.69, 9.17) is 0 Å². The fourth-order valence-electron chi connectivity index (χ4n) is 2.08. The van der Waals surface area contributed by atoms with E-state index in [2.05, 4.69) is 35.1 Å². The summed E-state index contributed by atoms with van der Waals surface area (Å²) in [5, 5.41) is 14.0. The number of hydrogen-bond donors (Lipinski definition) is 4. The van der Waals surface area contributed by atoms with Gasteiger partial charge in [0.2, 0.25) is 0 Å². The molecule has 0 radical (unpaired) electrons. The minimum Gasteiger partial charge on any atom is -0.296 e. The van der Waals surface area contributed by atoms with Crippen molar-refractivity contribution in [3.63, 3.8) is 0 Å². The van der Waals surface area contributed by atoms with Crippen LogP contribution < -0.4 is 21.3 Å². The third kappa shape index (κ3) is 1.07. The number of hydrogen-bond acceptors (Lipinski definition) is 4. The first-order chi connectivity index (χ1) is 5.66. The first-order valence-electron chi connectivity index (χ1n) is 4.66. The molecule has 0 atom stereocenters. The largest absolute Gasteiger partial charge is 0.296 e. The maximum Gasteiger partial charge on any atom is 0.0979 e. The summed E-state index contributed by atoms with van der Waals surface area (Å²) in [5.41, 5.74) is -0.0208. The standard InChI is InChI=1S/C8H18N4/c1-7-8(2,11-5-3-9-7)12-6-4-10-7/h9-12H,3-6H2,1-2H3. The smallest absolute Gasteiger partial charge is 0.0979 e. The van der Waals surface area contributed by atoms with Gasteiger partial charge >= 0.3 is 0 Å². The molecule has 2 rings (SSSR count). The molecule has 2 aliphatic heterocycles. The Hall–Kier alpha value is -0.160. The van der Waals surface area contributed by atoms with Crippen LogP contribution in [0.5, 0.6) is 0 Å². The highest BCUT2D eigenvalue weighted by molar-refractivity contribution is 5.07. The van der Waals surface area contributed by atoms with Crippen LogP contribution in [-0.4, -0.2) is 37.5 Å². The van der Waals surface area contributed by atoms with Crippen LogP contribution in [0.2, 0.25) is 0 Å². The zero-order valence-corrected chi connectivity index (χ0v) is 7.83. The van der Waals surface area contributed by atoms with Crippen LogP contribution in [-0.2, 0) is 0 Å². The van der Waals surface area contributed by atoms with E-state index in [1.54, 1.807) is 0 Å². The normalized spacial score (nSPS) is 48.5. The van der Waals surface area contributed by atoms with E-state index >= 15 is 0 Å². The van der Waals surface area contributed by atoms with Gasteiger partial charge in [-0.3, -0.25) is 21.3 Å². The van der Waals surface area contributed by atoms with Gasteiger partial charge in [-0.15, -0.1) is 0 Å². The Morgan fingerprint density at radius 3 is 1.17 bits per heavy atom. The van der Waals surface area contributed by atoms with Gasteiger partial charge in [0.15, 0.2) is 0 Å². The molecule has 2 aliphatic rings. The molecule has 4 nitrogen and oxygen atoms in total. The molecule has 2 heterocycles. The average molecular weight is 170 g/mol. The summed E-state index contributed by atoms with van der Waals surface area (Å²) in [6.07, 6.45) is 0. The zero-order valence-electron chi connectivity index (χ0n) is 7.83. The summed E-state index contributed by atoms with van der Waals surface area (Å²) in [5.74, 6) is 0. The summed E-state index contributed by atoms with van der Waals surface area (Å²) in [6, 6.07) is 0. The molecule has 2 fully saturated rings. The number of fused-ring (bicyclic) bond motifs is 1. The van der Waals surface area contributed by atoms with Gasteiger partial charge in [-0.2, -0.15) is 0 Å². The van der Waals surface area contributed by atoms with E-state index in [9.17, 15) is 0 Å². The Kier molecular flexibility index (Phi) is 1.88. The third-order valence-electron chi connectivity index (χ3n) is 3.16. The van der Waals surface area contributed by atoms with E-state index < -0.39 is 0 Å². The van der Waals surface area contributed by atoms with E-state index in [0.717, 1.165) is 26.2 Å². The SMILES string of the molecule is CC12NCCNC1(C)NCCN2. The molecular weight excluding hydrogens is 152 g/mol. The van der Waals surface area contributed by atoms with Crippen molar-refractivity contribution in [2.45, 2.75) is 25.2 Å². The van der Waals surface area contributed by atoms with E-state index in [-0.39, 0.29) is 11.3 Å². The predicted molar refractivity (Wildman–Crippen MR) is 48.8 cm³/mol. The van der Waals surface area contributed by atoms with Crippen LogP contribution in [0.1, 0.15) is 13.8 Å². The molecule has 0 amide bonds. The Morgan fingerprint density at radius 2 is 0.917 bits per heavy atom. The van der Waals surface area contributed by atoms with Gasteiger partial charge in [-0.05, 0) is 13.8 Å². The lowest BCUT2D eigenvalue weighted by molar-refractivity contribution is 0.0389. The predicted octanol–water partition coefficient (Wildman–Crippen LogP) is -1.20. The highest BCUT2D eigenvalue weighted by Crippen LogP contribution is 2.20. The Bertz CT molecular complexity index is 148. The first kappa shape index (κ1) is 8.44. The summed E-state index contributed by atoms with van der Waals surface area (Å²) >= 11 is 0. The second kappa shape index (κ2) is 2.67. The van der Waals surface area contributed by atoms with Crippen LogP contribution in [0.25, 0.3) is 0 Å². The maximum absolute atomic E-state index is 3.50. The highest BCUT2D eigenvalue weighted by atomic mass is 15.4. The third-order valence-corrected chi connectivity index (χ3v) is 3.16. The molecule has 0 unspecified atom stereocenters. The second-order valence-corrected chi connectivity index (χ2v) is 3.96. The molecule has 12 heavy (non-hydrogen) atoms. The van der Waals surface area contributed by atoms with Crippen LogP contribution in [0.4, 0.5) is 0 Å². The molecule has 4 N–H and O–H groups in total. The summed E-state index contributed by atoms with van der Waals surface area (Å²) in [6.45, 7) is 8.51. The molecule has 4 heteroatoms. The van der Waals surface area contributed by atoms with Crippen molar-refractivity contribution in [1.29, 1.82) is 0 Å². The Balaban J connectivity index is 2.20. The number of piperazine rings is 2. The van der Waals surface area contributed by atoms with Crippen molar-refractivity contribution in [2.75, 3.05) is 26.2 Å². The second-order valence-electron chi connectivity index (χ2n) is 3.96. The van der Waals surface area contributed by atoms with Gasteiger partial charge in [0.05, 0.1) is 11.3 Å². The number of nitrogens with one attached hydrogen (secondary N) is 4. The van der Waals surface area contributed by atoms with Crippen molar-refractivity contribution in [3.05, 3.63) is 0 Å². The average Bonchev–Trinajstić information content (AvgIpc) is 2.05.